The predicted octanol–water partition coefficient (Wildman–Crippen LogP) is 3.71. The lowest BCUT2D eigenvalue weighted by atomic mass is 10.00. The van der Waals surface area contributed by atoms with E-state index in [0.29, 0.717) is 53.8 Å². The summed E-state index contributed by atoms with van der Waals surface area (Å²) in [6.07, 6.45) is -0.113. The number of nitrogens with one attached hydrogen (secondary N) is 2. The van der Waals surface area contributed by atoms with Crippen molar-refractivity contribution in [2.45, 2.75) is 31.9 Å². The van der Waals surface area contributed by atoms with Crippen molar-refractivity contribution in [1.82, 2.24) is 15.3 Å². The number of ether oxygens (including phenoxy) is 3. The topological polar surface area (TPSA) is 97.8 Å². The lowest BCUT2D eigenvalue weighted by Crippen LogP contribution is -2.41. The zero-order valence-electron chi connectivity index (χ0n) is 20.3. The van der Waals surface area contributed by atoms with Gasteiger partial charge in [-0.2, -0.15) is 8.78 Å². The summed E-state index contributed by atoms with van der Waals surface area (Å²) in [6.45, 7) is 4.22. The fourth-order valence-corrected chi connectivity index (χ4v) is 4.08. The van der Waals surface area contributed by atoms with Crippen molar-refractivity contribution < 1.29 is 32.5 Å². The number of anilines is 1. The first-order chi connectivity index (χ1) is 17.2. The van der Waals surface area contributed by atoms with Crippen molar-refractivity contribution in [2.24, 2.45) is 0 Å². The number of aliphatic hydroxyl groups is 1. The van der Waals surface area contributed by atoms with Crippen LogP contribution in [0.4, 0.5) is 19.0 Å². The maximum atomic E-state index is 15.0. The van der Waals surface area contributed by atoms with E-state index in [1.54, 1.807) is 26.0 Å². The van der Waals surface area contributed by atoms with Crippen molar-refractivity contribution in [3.63, 3.8) is 0 Å². The highest BCUT2D eigenvalue weighted by molar-refractivity contribution is 5.92. The zero-order valence-corrected chi connectivity index (χ0v) is 20.3. The molecule has 36 heavy (non-hydrogen) atoms. The van der Waals surface area contributed by atoms with E-state index in [0.717, 1.165) is 12.6 Å². The number of aromatic nitrogens is 2. The zero-order chi connectivity index (χ0) is 25.9. The molecule has 0 unspecified atom stereocenters. The normalized spacial score (nSPS) is 17.1. The molecule has 0 amide bonds. The van der Waals surface area contributed by atoms with Gasteiger partial charge in [-0.15, -0.1) is 0 Å². The summed E-state index contributed by atoms with van der Waals surface area (Å²) >= 11 is 0. The Morgan fingerprint density at radius 2 is 2.08 bits per heavy atom. The van der Waals surface area contributed by atoms with Crippen LogP contribution in [0.3, 0.4) is 0 Å². The molecule has 0 aliphatic carbocycles. The first-order valence-electron chi connectivity index (χ1n) is 11.6. The molecule has 2 aromatic carbocycles. The molecular weight excluding hydrogens is 477 g/mol. The minimum atomic E-state index is -3.70. The largest absolute Gasteiger partial charge is 0.493 e. The standard InChI is InChI=1S/C25H29F3N4O4/c1-14(17-5-4-6-19(23(17)26)25(27,28)13-33)30-24-18-9-22(36-12-16-11-29-7-8-35-16)21(34-3)10-20(18)31-15(2)32-24/h4-6,9-10,14,16,29,33H,7-8,11-13H2,1-3H3,(H,30,31,32)/t14-,16+/m1/s1. The fourth-order valence-electron chi connectivity index (χ4n) is 4.08. The van der Waals surface area contributed by atoms with Gasteiger partial charge in [0.2, 0.25) is 0 Å². The number of halogens is 3. The van der Waals surface area contributed by atoms with E-state index in [1.165, 1.54) is 19.2 Å². The van der Waals surface area contributed by atoms with Crippen molar-refractivity contribution in [1.29, 1.82) is 0 Å². The Morgan fingerprint density at radius 1 is 1.28 bits per heavy atom. The average molecular weight is 507 g/mol. The van der Waals surface area contributed by atoms with E-state index in [-0.39, 0.29) is 11.7 Å². The van der Waals surface area contributed by atoms with Crippen LogP contribution in [0, 0.1) is 12.7 Å². The SMILES string of the molecule is COc1cc2nc(C)nc(N[C@H](C)c3cccc(C(F)(F)CO)c3F)c2cc1OC[C@@H]1CNCCO1. The highest BCUT2D eigenvalue weighted by Crippen LogP contribution is 2.37. The van der Waals surface area contributed by atoms with Crippen molar-refractivity contribution >= 4 is 16.7 Å². The van der Waals surface area contributed by atoms with Gasteiger partial charge in [0.25, 0.3) is 5.92 Å². The van der Waals surface area contributed by atoms with Crippen molar-refractivity contribution in [3.8, 4) is 11.5 Å². The third-order valence-electron chi connectivity index (χ3n) is 5.96. The van der Waals surface area contributed by atoms with Gasteiger partial charge in [0.15, 0.2) is 11.5 Å². The maximum Gasteiger partial charge on any atom is 0.298 e. The fraction of sp³-hybridized carbons (Fsp3) is 0.440. The Labute approximate surface area is 206 Å². The molecule has 1 aromatic heterocycles. The number of hydrogen-bond acceptors (Lipinski definition) is 8. The Balaban J connectivity index is 1.66. The molecular formula is C25H29F3N4O4. The second-order valence-electron chi connectivity index (χ2n) is 8.58. The van der Waals surface area contributed by atoms with Gasteiger partial charge in [-0.25, -0.2) is 14.4 Å². The Kier molecular flexibility index (Phi) is 7.82. The molecule has 11 heteroatoms. The lowest BCUT2D eigenvalue weighted by molar-refractivity contribution is -0.0583. The number of nitrogens with zero attached hydrogens (tertiary/aromatic N) is 2. The molecule has 1 aliphatic rings. The number of hydrogen-bond donors (Lipinski definition) is 3. The van der Waals surface area contributed by atoms with Gasteiger partial charge in [0.1, 0.15) is 36.8 Å². The average Bonchev–Trinajstić information content (AvgIpc) is 2.87. The van der Waals surface area contributed by atoms with Crippen LogP contribution in [0.5, 0.6) is 11.5 Å². The molecule has 2 atom stereocenters. The van der Waals surface area contributed by atoms with E-state index in [2.05, 4.69) is 20.6 Å². The molecule has 2 heterocycles. The number of morpholine rings is 1. The van der Waals surface area contributed by atoms with Gasteiger partial charge >= 0.3 is 0 Å². The summed E-state index contributed by atoms with van der Waals surface area (Å²) in [4.78, 5) is 8.94. The summed E-state index contributed by atoms with van der Waals surface area (Å²) < 4.78 is 60.3. The molecule has 0 spiro atoms. The maximum absolute atomic E-state index is 15.0. The third-order valence-corrected chi connectivity index (χ3v) is 5.96. The van der Waals surface area contributed by atoms with Gasteiger partial charge in [0, 0.05) is 30.1 Å². The Bertz CT molecular complexity index is 1220. The van der Waals surface area contributed by atoms with Crippen molar-refractivity contribution in [2.75, 3.05) is 45.3 Å². The number of rotatable bonds is 9. The molecule has 1 saturated heterocycles. The molecule has 0 radical (unpaired) electrons. The van der Waals surface area contributed by atoms with Crippen LogP contribution in [0.2, 0.25) is 0 Å². The minimum Gasteiger partial charge on any atom is -0.493 e. The summed E-state index contributed by atoms with van der Waals surface area (Å²) in [7, 11) is 1.53. The molecule has 1 aliphatic heterocycles. The number of benzene rings is 2. The number of methoxy groups -OCH3 is 1. The molecule has 0 bridgehead atoms. The number of aliphatic hydroxyl groups excluding tert-OH is 1. The summed E-state index contributed by atoms with van der Waals surface area (Å²) in [5.41, 5.74) is -0.283. The second kappa shape index (κ2) is 10.9. The van der Waals surface area contributed by atoms with Crippen LogP contribution in [0.1, 0.15) is 29.9 Å². The quantitative estimate of drug-likeness (QED) is 0.404. The van der Waals surface area contributed by atoms with Gasteiger partial charge in [-0.1, -0.05) is 12.1 Å². The molecule has 3 N–H and O–H groups in total. The van der Waals surface area contributed by atoms with Crippen LogP contribution in [0.15, 0.2) is 30.3 Å². The second-order valence-corrected chi connectivity index (χ2v) is 8.58. The van der Waals surface area contributed by atoms with Crippen LogP contribution >= 0.6 is 0 Å². The van der Waals surface area contributed by atoms with E-state index in [4.69, 9.17) is 19.3 Å². The lowest BCUT2D eigenvalue weighted by Gasteiger charge is -2.24. The molecule has 4 rings (SSSR count). The molecule has 1 fully saturated rings. The van der Waals surface area contributed by atoms with E-state index >= 15 is 4.39 Å². The highest BCUT2D eigenvalue weighted by atomic mass is 19.3. The van der Waals surface area contributed by atoms with E-state index in [9.17, 15) is 8.78 Å². The number of alkyl halides is 2. The summed E-state index contributed by atoms with van der Waals surface area (Å²) in [6, 6.07) is 6.43. The molecule has 0 saturated carbocycles. The van der Waals surface area contributed by atoms with Crippen molar-refractivity contribution in [3.05, 3.63) is 53.1 Å². The predicted molar refractivity (Wildman–Crippen MR) is 128 cm³/mol. The first-order valence-corrected chi connectivity index (χ1v) is 11.6. The number of aryl methyl sites for hydroxylation is 1. The van der Waals surface area contributed by atoms with Crippen LogP contribution in [-0.2, 0) is 10.7 Å². The summed E-state index contributed by atoms with van der Waals surface area (Å²) in [5.74, 6) is -3.01. The van der Waals surface area contributed by atoms with E-state index in [1.807, 2.05) is 0 Å². The molecule has 194 valence electrons. The van der Waals surface area contributed by atoms with Crippen LogP contribution in [0.25, 0.3) is 10.9 Å². The summed E-state index contributed by atoms with van der Waals surface area (Å²) in [5, 5.41) is 16.0. The Morgan fingerprint density at radius 3 is 2.78 bits per heavy atom. The highest BCUT2D eigenvalue weighted by Gasteiger charge is 2.35. The molecule has 8 nitrogen and oxygen atoms in total. The van der Waals surface area contributed by atoms with Crippen LogP contribution in [-0.4, -0.2) is 61.2 Å². The monoisotopic (exact) mass is 506 g/mol. The van der Waals surface area contributed by atoms with Crippen LogP contribution < -0.4 is 20.1 Å². The van der Waals surface area contributed by atoms with Gasteiger partial charge in [-0.3, -0.25) is 0 Å². The van der Waals surface area contributed by atoms with E-state index < -0.39 is 30.0 Å². The Hall–Kier alpha value is -3.15. The third kappa shape index (κ3) is 5.48. The number of fused-ring (bicyclic) bond motifs is 1. The molecule has 3 aromatic rings. The minimum absolute atomic E-state index is 0.0111. The first kappa shape index (κ1) is 25.9. The van der Waals surface area contributed by atoms with Gasteiger partial charge in [-0.05, 0) is 26.0 Å². The van der Waals surface area contributed by atoms with Gasteiger partial charge in [0.05, 0.1) is 30.8 Å². The van der Waals surface area contributed by atoms with Gasteiger partial charge < -0.3 is 30.0 Å². The smallest absolute Gasteiger partial charge is 0.298 e.